The first-order valence-electron chi connectivity index (χ1n) is 9.41. The predicted molar refractivity (Wildman–Crippen MR) is 101 cm³/mol. The van der Waals surface area contributed by atoms with Crippen LogP contribution >= 0.6 is 0 Å². The van der Waals surface area contributed by atoms with Gasteiger partial charge in [-0.15, -0.1) is 0 Å². The van der Waals surface area contributed by atoms with Crippen LogP contribution in [-0.2, 0) is 11.2 Å². The maximum absolute atomic E-state index is 12.9. The SMILES string of the molecule is CNc1ccc2c(c1)C(CC(=O)C1CCCCCC1)=NC(C)(C)C2. The van der Waals surface area contributed by atoms with Gasteiger partial charge in [0.25, 0.3) is 0 Å². The smallest absolute Gasteiger partial charge is 0.141 e. The Bertz CT molecular complexity index is 637. The lowest BCUT2D eigenvalue weighted by molar-refractivity contribution is -0.122. The number of ketones is 1. The molecule has 0 bridgehead atoms. The lowest BCUT2D eigenvalue weighted by Crippen LogP contribution is -2.31. The summed E-state index contributed by atoms with van der Waals surface area (Å²) < 4.78 is 0. The molecule has 0 atom stereocenters. The van der Waals surface area contributed by atoms with Crippen molar-refractivity contribution in [1.29, 1.82) is 0 Å². The van der Waals surface area contributed by atoms with Crippen molar-refractivity contribution in [3.8, 4) is 0 Å². The molecule has 0 unspecified atom stereocenters. The number of Topliss-reactive ketones (excluding diaryl/α,β-unsaturated/α-hetero) is 1. The lowest BCUT2D eigenvalue weighted by Gasteiger charge is -2.30. The van der Waals surface area contributed by atoms with Crippen LogP contribution in [0, 0.1) is 5.92 Å². The molecule has 1 aliphatic carbocycles. The fourth-order valence-corrected chi connectivity index (χ4v) is 4.13. The third-order valence-electron chi connectivity index (χ3n) is 5.42. The molecule has 1 saturated carbocycles. The van der Waals surface area contributed by atoms with Crippen molar-refractivity contribution in [2.45, 2.75) is 70.8 Å². The highest BCUT2D eigenvalue weighted by atomic mass is 16.1. The van der Waals surface area contributed by atoms with Crippen LogP contribution in [-0.4, -0.2) is 24.1 Å². The maximum Gasteiger partial charge on any atom is 0.141 e. The Hall–Kier alpha value is -1.64. The second-order valence-electron chi connectivity index (χ2n) is 8.00. The molecule has 0 amide bonds. The summed E-state index contributed by atoms with van der Waals surface area (Å²) >= 11 is 0. The van der Waals surface area contributed by atoms with Gasteiger partial charge in [0.15, 0.2) is 0 Å². The molecule has 1 N–H and O–H groups in total. The Balaban J connectivity index is 1.85. The van der Waals surface area contributed by atoms with Gasteiger partial charge in [-0.2, -0.15) is 0 Å². The van der Waals surface area contributed by atoms with E-state index >= 15 is 0 Å². The fraction of sp³-hybridized carbons (Fsp3) is 0.619. The summed E-state index contributed by atoms with van der Waals surface area (Å²) in [6, 6.07) is 6.46. The van der Waals surface area contributed by atoms with Crippen molar-refractivity contribution in [3.05, 3.63) is 29.3 Å². The minimum absolute atomic E-state index is 0.118. The van der Waals surface area contributed by atoms with Gasteiger partial charge in [-0.1, -0.05) is 31.7 Å². The van der Waals surface area contributed by atoms with Crippen molar-refractivity contribution in [3.63, 3.8) is 0 Å². The summed E-state index contributed by atoms with van der Waals surface area (Å²) in [6.45, 7) is 4.33. The van der Waals surface area contributed by atoms with Crippen LogP contribution in [0.3, 0.4) is 0 Å². The van der Waals surface area contributed by atoms with Crippen molar-refractivity contribution < 1.29 is 4.79 Å². The van der Waals surface area contributed by atoms with Gasteiger partial charge in [-0.3, -0.25) is 9.79 Å². The van der Waals surface area contributed by atoms with Gasteiger partial charge >= 0.3 is 0 Å². The third-order valence-corrected chi connectivity index (χ3v) is 5.42. The molecule has 2 aliphatic rings. The quantitative estimate of drug-likeness (QED) is 0.809. The van der Waals surface area contributed by atoms with Crippen LogP contribution in [0.2, 0.25) is 0 Å². The van der Waals surface area contributed by atoms with Gasteiger partial charge in [0, 0.05) is 30.6 Å². The number of anilines is 1. The van der Waals surface area contributed by atoms with E-state index in [1.165, 1.54) is 36.8 Å². The van der Waals surface area contributed by atoms with E-state index < -0.39 is 0 Å². The van der Waals surface area contributed by atoms with E-state index in [0.29, 0.717) is 12.2 Å². The maximum atomic E-state index is 12.9. The lowest BCUT2D eigenvalue weighted by atomic mass is 9.83. The molecule has 1 aliphatic heterocycles. The number of nitrogens with zero attached hydrogens (tertiary/aromatic N) is 1. The van der Waals surface area contributed by atoms with E-state index in [4.69, 9.17) is 4.99 Å². The van der Waals surface area contributed by atoms with E-state index in [-0.39, 0.29) is 11.5 Å². The molecule has 1 fully saturated rings. The molecule has 1 heterocycles. The molecule has 0 saturated heterocycles. The number of carbonyl (C=O) groups is 1. The van der Waals surface area contributed by atoms with E-state index in [0.717, 1.165) is 30.7 Å². The summed E-state index contributed by atoms with van der Waals surface area (Å²) in [5, 5.41) is 3.20. The molecular weight excluding hydrogens is 296 g/mol. The van der Waals surface area contributed by atoms with Crippen LogP contribution < -0.4 is 5.32 Å². The van der Waals surface area contributed by atoms with E-state index in [1.54, 1.807) is 0 Å². The van der Waals surface area contributed by atoms with Crippen LogP contribution in [0.15, 0.2) is 23.2 Å². The normalized spacial score (nSPS) is 20.7. The Morgan fingerprint density at radius 2 is 1.92 bits per heavy atom. The number of hydrogen-bond donors (Lipinski definition) is 1. The number of fused-ring (bicyclic) bond motifs is 1. The van der Waals surface area contributed by atoms with E-state index in [9.17, 15) is 4.79 Å². The van der Waals surface area contributed by atoms with Gasteiger partial charge in [0.2, 0.25) is 0 Å². The molecule has 0 spiro atoms. The molecule has 0 radical (unpaired) electrons. The highest BCUT2D eigenvalue weighted by Gasteiger charge is 2.29. The molecule has 1 aromatic carbocycles. The average Bonchev–Trinajstić information content (AvgIpc) is 2.83. The molecule has 1 aromatic rings. The molecule has 24 heavy (non-hydrogen) atoms. The molecule has 3 rings (SSSR count). The Labute approximate surface area is 146 Å². The van der Waals surface area contributed by atoms with Crippen LogP contribution in [0.5, 0.6) is 0 Å². The van der Waals surface area contributed by atoms with Crippen molar-refractivity contribution in [1.82, 2.24) is 0 Å². The summed E-state index contributed by atoms with van der Waals surface area (Å²) in [5.74, 6) is 0.644. The average molecular weight is 326 g/mol. The minimum Gasteiger partial charge on any atom is -0.388 e. The fourth-order valence-electron chi connectivity index (χ4n) is 4.13. The molecule has 3 heteroatoms. The first kappa shape index (κ1) is 17.2. The third kappa shape index (κ3) is 3.88. The standard InChI is InChI=1S/C21H30N2O/c1-21(2)14-16-10-11-17(22-3)12-18(16)19(23-21)13-20(24)15-8-6-4-5-7-9-15/h10-12,15,22H,4-9,13-14H2,1-3H3. The number of aliphatic imine (C=N–C) groups is 1. The van der Waals surface area contributed by atoms with Crippen LogP contribution in [0.4, 0.5) is 5.69 Å². The van der Waals surface area contributed by atoms with Crippen LogP contribution in [0.1, 0.15) is 69.9 Å². The van der Waals surface area contributed by atoms with Crippen molar-refractivity contribution in [2.24, 2.45) is 10.9 Å². The molecule has 0 aromatic heterocycles. The number of rotatable bonds is 4. The molecular formula is C21H30N2O. The van der Waals surface area contributed by atoms with Gasteiger partial charge < -0.3 is 5.32 Å². The minimum atomic E-state index is -0.118. The first-order chi connectivity index (χ1) is 11.5. The summed E-state index contributed by atoms with van der Waals surface area (Å²) in [6.07, 6.45) is 8.54. The van der Waals surface area contributed by atoms with E-state index in [1.807, 2.05) is 7.05 Å². The Morgan fingerprint density at radius 1 is 1.21 bits per heavy atom. The summed E-state index contributed by atoms with van der Waals surface area (Å²) in [7, 11) is 1.93. The Morgan fingerprint density at radius 3 is 2.58 bits per heavy atom. The number of carbonyl (C=O) groups excluding carboxylic acids is 1. The summed E-state index contributed by atoms with van der Waals surface area (Å²) in [4.78, 5) is 17.9. The van der Waals surface area contributed by atoms with Crippen molar-refractivity contribution in [2.75, 3.05) is 12.4 Å². The summed E-state index contributed by atoms with van der Waals surface area (Å²) in [5.41, 5.74) is 4.45. The second kappa shape index (κ2) is 7.08. The zero-order valence-electron chi connectivity index (χ0n) is 15.3. The number of nitrogens with one attached hydrogen (secondary N) is 1. The zero-order chi connectivity index (χ0) is 17.2. The number of hydrogen-bond acceptors (Lipinski definition) is 3. The van der Waals surface area contributed by atoms with Crippen LogP contribution in [0.25, 0.3) is 0 Å². The highest BCUT2D eigenvalue weighted by molar-refractivity contribution is 6.13. The molecule has 130 valence electrons. The highest BCUT2D eigenvalue weighted by Crippen LogP contribution is 2.31. The topological polar surface area (TPSA) is 41.5 Å². The van der Waals surface area contributed by atoms with Gasteiger partial charge in [-0.05, 0) is 50.8 Å². The number of benzene rings is 1. The monoisotopic (exact) mass is 326 g/mol. The van der Waals surface area contributed by atoms with Gasteiger partial charge in [0.1, 0.15) is 5.78 Å². The zero-order valence-corrected chi connectivity index (χ0v) is 15.3. The predicted octanol–water partition coefficient (Wildman–Crippen LogP) is 4.78. The second-order valence-corrected chi connectivity index (χ2v) is 8.00. The van der Waals surface area contributed by atoms with Gasteiger partial charge in [-0.25, -0.2) is 0 Å². The molecule has 3 nitrogen and oxygen atoms in total. The largest absolute Gasteiger partial charge is 0.388 e. The van der Waals surface area contributed by atoms with E-state index in [2.05, 4.69) is 37.4 Å². The first-order valence-corrected chi connectivity index (χ1v) is 9.41. The Kier molecular flexibility index (Phi) is 5.07. The van der Waals surface area contributed by atoms with Crippen molar-refractivity contribution >= 4 is 17.2 Å². The van der Waals surface area contributed by atoms with Gasteiger partial charge in [0.05, 0.1) is 11.3 Å².